The summed E-state index contributed by atoms with van der Waals surface area (Å²) in [5, 5.41) is 9.84. The van der Waals surface area contributed by atoms with Crippen molar-refractivity contribution in [1.82, 2.24) is 14.9 Å². The van der Waals surface area contributed by atoms with Crippen molar-refractivity contribution in [3.05, 3.63) is 48.0 Å². The highest BCUT2D eigenvalue weighted by molar-refractivity contribution is 5.75. The molecule has 0 bridgehead atoms. The van der Waals surface area contributed by atoms with Crippen LogP contribution in [0.5, 0.6) is 0 Å². The Bertz CT molecular complexity index is 764. The van der Waals surface area contributed by atoms with Gasteiger partial charge in [0.05, 0.1) is 11.7 Å². The van der Waals surface area contributed by atoms with E-state index in [4.69, 9.17) is 4.42 Å². The Morgan fingerprint density at radius 2 is 2.15 bits per heavy atom. The van der Waals surface area contributed by atoms with Gasteiger partial charge < -0.3 is 9.52 Å². The monoisotopic (exact) mass is 355 g/mol. The van der Waals surface area contributed by atoms with Gasteiger partial charge in [0.15, 0.2) is 11.6 Å². The summed E-state index contributed by atoms with van der Waals surface area (Å²) in [5.74, 6) is 0.492. The van der Waals surface area contributed by atoms with Crippen molar-refractivity contribution in [2.24, 2.45) is 5.41 Å². The van der Waals surface area contributed by atoms with E-state index in [2.05, 4.69) is 14.9 Å². The zero-order valence-electron chi connectivity index (χ0n) is 15.3. The van der Waals surface area contributed by atoms with Crippen LogP contribution in [0.1, 0.15) is 38.7 Å². The fourth-order valence-electron chi connectivity index (χ4n) is 3.42. The second-order valence-corrected chi connectivity index (χ2v) is 7.28. The molecule has 1 aliphatic heterocycles. The molecular weight excluding hydrogens is 330 g/mol. The number of hydrogen-bond donors (Lipinski definition) is 1. The zero-order chi connectivity index (χ0) is 18.6. The Balaban J connectivity index is 1.69. The highest BCUT2D eigenvalue weighted by atomic mass is 16.4. The van der Waals surface area contributed by atoms with Crippen LogP contribution in [0.2, 0.25) is 0 Å². The number of aromatic nitrogens is 2. The summed E-state index contributed by atoms with van der Waals surface area (Å²) in [6.07, 6.45) is 9.40. The second kappa shape index (κ2) is 7.83. The Morgan fingerprint density at radius 3 is 2.77 bits per heavy atom. The Labute approximate surface area is 153 Å². The molecule has 0 aromatic carbocycles. The Morgan fingerprint density at radius 1 is 1.38 bits per heavy atom. The number of carboxylic acids is 1. The Kier molecular flexibility index (Phi) is 5.52. The van der Waals surface area contributed by atoms with Crippen molar-refractivity contribution in [3.63, 3.8) is 0 Å². The quantitative estimate of drug-likeness (QED) is 0.795. The average molecular weight is 355 g/mol. The van der Waals surface area contributed by atoms with Gasteiger partial charge >= 0.3 is 5.97 Å². The predicted molar refractivity (Wildman–Crippen MR) is 98.4 cm³/mol. The van der Waals surface area contributed by atoms with E-state index in [0.717, 1.165) is 30.5 Å². The second-order valence-electron chi connectivity index (χ2n) is 7.28. The van der Waals surface area contributed by atoms with Crippen molar-refractivity contribution in [2.75, 3.05) is 13.1 Å². The molecule has 6 heteroatoms. The molecule has 0 aliphatic carbocycles. The molecule has 0 spiro atoms. The number of aliphatic carboxylic acids is 1. The van der Waals surface area contributed by atoms with Crippen LogP contribution in [0.15, 0.2) is 46.9 Å². The highest BCUT2D eigenvalue weighted by Crippen LogP contribution is 2.35. The molecule has 0 amide bonds. The van der Waals surface area contributed by atoms with E-state index >= 15 is 0 Å². The van der Waals surface area contributed by atoms with Gasteiger partial charge in [0.2, 0.25) is 0 Å². The van der Waals surface area contributed by atoms with Crippen molar-refractivity contribution in [3.8, 4) is 11.6 Å². The molecule has 3 rings (SSSR count). The molecule has 1 atom stereocenters. The minimum Gasteiger partial charge on any atom is -0.481 e. The van der Waals surface area contributed by atoms with Crippen LogP contribution in [-0.4, -0.2) is 39.0 Å². The number of allylic oxidation sites excluding steroid dienone is 2. The molecule has 6 nitrogen and oxygen atoms in total. The minimum absolute atomic E-state index is 0.548. The molecule has 26 heavy (non-hydrogen) atoms. The number of hydrogen-bond acceptors (Lipinski definition) is 5. The lowest BCUT2D eigenvalue weighted by Gasteiger charge is -2.39. The maximum absolute atomic E-state index is 12.0. The number of carbonyl (C=O) groups is 1. The molecule has 0 saturated carbocycles. The third kappa shape index (κ3) is 4.19. The van der Waals surface area contributed by atoms with E-state index in [9.17, 15) is 9.90 Å². The molecule has 1 saturated heterocycles. The first kappa shape index (κ1) is 18.3. The molecule has 138 valence electrons. The van der Waals surface area contributed by atoms with Gasteiger partial charge in [0, 0.05) is 31.0 Å². The van der Waals surface area contributed by atoms with Crippen molar-refractivity contribution in [1.29, 1.82) is 0 Å². The van der Waals surface area contributed by atoms with Crippen LogP contribution < -0.4 is 0 Å². The topological polar surface area (TPSA) is 79.5 Å². The van der Waals surface area contributed by atoms with Crippen molar-refractivity contribution < 1.29 is 14.3 Å². The van der Waals surface area contributed by atoms with E-state index < -0.39 is 11.4 Å². The molecule has 3 heterocycles. The summed E-state index contributed by atoms with van der Waals surface area (Å²) in [7, 11) is 0. The van der Waals surface area contributed by atoms with Gasteiger partial charge in [-0.15, -0.1) is 0 Å². The molecule has 2 aromatic heterocycles. The van der Waals surface area contributed by atoms with E-state index in [0.29, 0.717) is 31.1 Å². The lowest BCUT2D eigenvalue weighted by molar-refractivity contribution is -0.152. The number of piperidine rings is 1. The number of likely N-dealkylation sites (tertiary alicyclic amines) is 1. The minimum atomic E-state index is -0.705. The number of rotatable bonds is 6. The fraction of sp³-hybridized carbons (Fsp3) is 0.450. The van der Waals surface area contributed by atoms with Crippen LogP contribution in [0, 0.1) is 5.41 Å². The molecule has 1 unspecified atom stereocenters. The van der Waals surface area contributed by atoms with Gasteiger partial charge in [-0.2, -0.15) is 0 Å². The lowest BCUT2D eigenvalue weighted by atomic mass is 9.76. The summed E-state index contributed by atoms with van der Waals surface area (Å²) >= 11 is 0. The molecule has 1 fully saturated rings. The summed E-state index contributed by atoms with van der Waals surface area (Å²) in [6.45, 7) is 6.11. The summed E-state index contributed by atoms with van der Waals surface area (Å²) in [5.41, 5.74) is 1.43. The van der Waals surface area contributed by atoms with Crippen molar-refractivity contribution >= 4 is 5.97 Å². The SMILES string of the molecule is CC(C)=CCC1(C(=O)O)CCCN(Cc2cnc(-c3ccco3)nc2)C1. The number of furan rings is 1. The fourth-order valence-corrected chi connectivity index (χ4v) is 3.42. The van der Waals surface area contributed by atoms with E-state index in [1.54, 1.807) is 24.7 Å². The standard InChI is InChI=1S/C20H25N3O3/c1-15(2)6-8-20(19(24)25)7-4-9-23(14-20)13-16-11-21-18(22-12-16)17-5-3-10-26-17/h3,5-6,10-12H,4,7-9,13-14H2,1-2H3,(H,24,25). The first-order chi connectivity index (χ1) is 12.5. The normalized spacial score (nSPS) is 20.7. The van der Waals surface area contributed by atoms with E-state index in [1.807, 2.05) is 26.0 Å². The molecule has 2 aromatic rings. The van der Waals surface area contributed by atoms with Gasteiger partial charge in [-0.25, -0.2) is 9.97 Å². The maximum atomic E-state index is 12.0. The summed E-state index contributed by atoms with van der Waals surface area (Å²) < 4.78 is 5.30. The van der Waals surface area contributed by atoms with Crippen LogP contribution in [-0.2, 0) is 11.3 Å². The van der Waals surface area contributed by atoms with Crippen molar-refractivity contribution in [2.45, 2.75) is 39.7 Å². The predicted octanol–water partition coefficient (Wildman–Crippen LogP) is 3.76. The van der Waals surface area contributed by atoms with Crippen LogP contribution >= 0.6 is 0 Å². The number of nitrogens with zero attached hydrogens (tertiary/aromatic N) is 3. The van der Waals surface area contributed by atoms with Gasteiger partial charge in [0.1, 0.15) is 0 Å². The molecule has 1 N–H and O–H groups in total. The van der Waals surface area contributed by atoms with Gasteiger partial charge in [-0.3, -0.25) is 9.69 Å². The zero-order valence-corrected chi connectivity index (χ0v) is 15.3. The number of carboxylic acid groups (broad SMARTS) is 1. The highest BCUT2D eigenvalue weighted by Gasteiger charge is 2.41. The molecular formula is C20H25N3O3. The van der Waals surface area contributed by atoms with E-state index in [-0.39, 0.29) is 0 Å². The lowest BCUT2D eigenvalue weighted by Crippen LogP contribution is -2.47. The third-order valence-electron chi connectivity index (χ3n) is 4.86. The average Bonchev–Trinajstić information content (AvgIpc) is 3.15. The molecule has 1 aliphatic rings. The summed E-state index contributed by atoms with van der Waals surface area (Å²) in [6, 6.07) is 3.63. The third-order valence-corrected chi connectivity index (χ3v) is 4.86. The molecule has 0 radical (unpaired) electrons. The maximum Gasteiger partial charge on any atom is 0.311 e. The smallest absolute Gasteiger partial charge is 0.311 e. The van der Waals surface area contributed by atoms with E-state index in [1.165, 1.54) is 0 Å². The van der Waals surface area contributed by atoms with Gasteiger partial charge in [-0.1, -0.05) is 11.6 Å². The first-order valence-electron chi connectivity index (χ1n) is 8.92. The van der Waals surface area contributed by atoms with Crippen LogP contribution in [0.25, 0.3) is 11.6 Å². The first-order valence-corrected chi connectivity index (χ1v) is 8.92. The van der Waals surface area contributed by atoms with Gasteiger partial charge in [-0.05, 0) is 51.8 Å². The summed E-state index contributed by atoms with van der Waals surface area (Å²) in [4.78, 5) is 22.9. The van der Waals surface area contributed by atoms with Gasteiger partial charge in [0.25, 0.3) is 0 Å². The van der Waals surface area contributed by atoms with Crippen LogP contribution in [0.3, 0.4) is 0 Å². The Hall–Kier alpha value is -2.47. The van der Waals surface area contributed by atoms with Crippen LogP contribution in [0.4, 0.5) is 0 Å². The largest absolute Gasteiger partial charge is 0.481 e.